The number of hydrogen-bond donors (Lipinski definition) is 0. The van der Waals surface area contributed by atoms with Crippen LogP contribution in [0.25, 0.3) is 4.85 Å². The van der Waals surface area contributed by atoms with Gasteiger partial charge in [0.05, 0.1) is 6.57 Å². The van der Waals surface area contributed by atoms with E-state index in [2.05, 4.69) is 14.6 Å². The van der Waals surface area contributed by atoms with Crippen LogP contribution in [-0.2, 0) is 12.7 Å². The van der Waals surface area contributed by atoms with E-state index in [4.69, 9.17) is 6.57 Å². The van der Waals surface area contributed by atoms with Crippen LogP contribution in [0.3, 0.4) is 0 Å². The van der Waals surface area contributed by atoms with Gasteiger partial charge < -0.3 is 4.90 Å². The van der Waals surface area contributed by atoms with Gasteiger partial charge in [0.15, 0.2) is 5.69 Å². The molecule has 1 aliphatic rings. The molecule has 0 bridgehead atoms. The van der Waals surface area contributed by atoms with E-state index in [0.717, 1.165) is 38.3 Å². The highest BCUT2D eigenvalue weighted by Crippen LogP contribution is 2.33. The predicted octanol–water partition coefficient (Wildman–Crippen LogP) is 3.00. The molecule has 0 atom stereocenters. The highest BCUT2D eigenvalue weighted by atomic mass is 19.4. The number of halogens is 3. The minimum absolute atomic E-state index is 0.0453. The maximum absolute atomic E-state index is 12.8. The number of piperazine rings is 1. The molecule has 2 rings (SSSR count). The van der Waals surface area contributed by atoms with Gasteiger partial charge in [-0.2, -0.15) is 13.2 Å². The summed E-state index contributed by atoms with van der Waals surface area (Å²) in [6.07, 6.45) is -4.41. The van der Waals surface area contributed by atoms with Crippen LogP contribution in [0.15, 0.2) is 18.2 Å². The van der Waals surface area contributed by atoms with Crippen molar-refractivity contribution in [1.82, 2.24) is 9.80 Å². The first-order chi connectivity index (χ1) is 9.38. The molecular formula is C14H16F3N3. The van der Waals surface area contributed by atoms with Crippen molar-refractivity contribution in [3.63, 3.8) is 0 Å². The van der Waals surface area contributed by atoms with Crippen molar-refractivity contribution in [3.05, 3.63) is 40.7 Å². The maximum atomic E-state index is 12.8. The highest BCUT2D eigenvalue weighted by molar-refractivity contribution is 5.50. The zero-order valence-electron chi connectivity index (χ0n) is 11.2. The molecule has 1 heterocycles. The van der Waals surface area contributed by atoms with Gasteiger partial charge in [0, 0.05) is 38.3 Å². The smallest absolute Gasteiger partial charge is 0.304 e. The summed E-state index contributed by atoms with van der Waals surface area (Å²) in [6.45, 7) is 10.9. The molecule has 108 valence electrons. The molecule has 0 amide bonds. The number of rotatable bonds is 2. The molecule has 0 spiro atoms. The second kappa shape index (κ2) is 5.81. The van der Waals surface area contributed by atoms with E-state index in [1.54, 1.807) is 6.07 Å². The van der Waals surface area contributed by atoms with E-state index in [9.17, 15) is 13.2 Å². The summed E-state index contributed by atoms with van der Waals surface area (Å²) < 4.78 is 38.4. The third-order valence-electron chi connectivity index (χ3n) is 3.44. The van der Waals surface area contributed by atoms with Gasteiger partial charge in [-0.1, -0.05) is 6.07 Å². The number of nitrogens with zero attached hydrogens (tertiary/aromatic N) is 3. The average molecular weight is 283 g/mol. The van der Waals surface area contributed by atoms with Crippen molar-refractivity contribution in [1.29, 1.82) is 0 Å². The zero-order chi connectivity index (χ0) is 14.8. The van der Waals surface area contributed by atoms with Crippen molar-refractivity contribution in [2.24, 2.45) is 0 Å². The molecule has 6 heteroatoms. The van der Waals surface area contributed by atoms with Gasteiger partial charge in [-0.05, 0) is 24.7 Å². The van der Waals surface area contributed by atoms with E-state index in [1.165, 1.54) is 0 Å². The highest BCUT2D eigenvalue weighted by Gasteiger charge is 2.31. The van der Waals surface area contributed by atoms with Crippen LogP contribution in [0, 0.1) is 6.57 Å². The minimum Gasteiger partial charge on any atom is -0.304 e. The Kier molecular flexibility index (Phi) is 4.31. The van der Waals surface area contributed by atoms with Crippen LogP contribution in [0.5, 0.6) is 0 Å². The molecule has 1 aliphatic heterocycles. The third kappa shape index (κ3) is 3.71. The summed E-state index contributed by atoms with van der Waals surface area (Å²) in [5.74, 6) is 0. The van der Waals surface area contributed by atoms with Crippen molar-refractivity contribution < 1.29 is 13.2 Å². The Morgan fingerprint density at radius 3 is 2.35 bits per heavy atom. The van der Waals surface area contributed by atoms with Crippen molar-refractivity contribution in [3.8, 4) is 0 Å². The Hall–Kier alpha value is -1.58. The molecule has 1 aromatic rings. The Morgan fingerprint density at radius 2 is 1.80 bits per heavy atom. The first-order valence-electron chi connectivity index (χ1n) is 6.38. The standard InChI is InChI=1S/C14H16F3N3/c1-18-13-8-11(7-12(9-13)14(15,16)17)10-20-5-3-19(2)4-6-20/h7-9H,3-6,10H2,2H3. The first kappa shape index (κ1) is 14.8. The van der Waals surface area contributed by atoms with E-state index in [0.29, 0.717) is 12.1 Å². The lowest BCUT2D eigenvalue weighted by atomic mass is 10.1. The second-order valence-corrected chi connectivity index (χ2v) is 5.08. The molecule has 1 fully saturated rings. The van der Waals surface area contributed by atoms with E-state index in [-0.39, 0.29) is 5.69 Å². The van der Waals surface area contributed by atoms with Crippen molar-refractivity contribution in [2.45, 2.75) is 12.7 Å². The fourth-order valence-corrected chi connectivity index (χ4v) is 2.26. The summed E-state index contributed by atoms with van der Waals surface area (Å²) in [6, 6.07) is 3.59. The Bertz CT molecular complexity index is 511. The molecule has 20 heavy (non-hydrogen) atoms. The van der Waals surface area contributed by atoms with Gasteiger partial charge in [-0.15, -0.1) is 0 Å². The number of hydrogen-bond acceptors (Lipinski definition) is 2. The van der Waals surface area contributed by atoms with Crippen LogP contribution in [-0.4, -0.2) is 43.0 Å². The van der Waals surface area contributed by atoms with E-state index >= 15 is 0 Å². The van der Waals surface area contributed by atoms with Crippen LogP contribution >= 0.6 is 0 Å². The Labute approximate surface area is 116 Å². The molecule has 1 saturated heterocycles. The lowest BCUT2D eigenvalue weighted by Crippen LogP contribution is -2.43. The summed E-state index contributed by atoms with van der Waals surface area (Å²) in [7, 11) is 2.03. The van der Waals surface area contributed by atoms with Gasteiger partial charge in [-0.3, -0.25) is 4.90 Å². The first-order valence-corrected chi connectivity index (χ1v) is 6.38. The summed E-state index contributed by atoms with van der Waals surface area (Å²) in [5, 5.41) is 0. The monoisotopic (exact) mass is 283 g/mol. The van der Waals surface area contributed by atoms with Gasteiger partial charge in [-0.25, -0.2) is 4.85 Å². The summed E-state index contributed by atoms with van der Waals surface area (Å²) >= 11 is 0. The summed E-state index contributed by atoms with van der Waals surface area (Å²) in [5.41, 5.74) is -0.144. The van der Waals surface area contributed by atoms with Gasteiger partial charge in [0.2, 0.25) is 0 Å². The normalized spacial score (nSPS) is 17.9. The SMILES string of the molecule is [C-]#[N+]c1cc(CN2CCN(C)CC2)cc(C(F)(F)F)c1. The number of likely N-dealkylation sites (N-methyl/N-ethyl adjacent to an activating group) is 1. The van der Waals surface area contributed by atoms with Crippen LogP contribution in [0.1, 0.15) is 11.1 Å². The molecule has 0 saturated carbocycles. The van der Waals surface area contributed by atoms with Gasteiger partial charge in [0.25, 0.3) is 0 Å². The van der Waals surface area contributed by atoms with Crippen molar-refractivity contribution >= 4 is 5.69 Å². The van der Waals surface area contributed by atoms with Crippen LogP contribution in [0.2, 0.25) is 0 Å². The molecule has 0 N–H and O–H groups in total. The van der Waals surface area contributed by atoms with Gasteiger partial charge in [0.1, 0.15) is 0 Å². The summed E-state index contributed by atoms with van der Waals surface area (Å²) in [4.78, 5) is 7.44. The second-order valence-electron chi connectivity index (χ2n) is 5.08. The van der Waals surface area contributed by atoms with E-state index in [1.807, 2.05) is 7.05 Å². The third-order valence-corrected chi connectivity index (χ3v) is 3.44. The van der Waals surface area contributed by atoms with E-state index < -0.39 is 11.7 Å². The van der Waals surface area contributed by atoms with Crippen LogP contribution in [0.4, 0.5) is 18.9 Å². The quantitative estimate of drug-likeness (QED) is 0.773. The van der Waals surface area contributed by atoms with Gasteiger partial charge >= 0.3 is 6.18 Å². The maximum Gasteiger partial charge on any atom is 0.415 e. The Morgan fingerprint density at radius 1 is 1.15 bits per heavy atom. The fraction of sp³-hybridized carbons (Fsp3) is 0.500. The molecule has 1 aromatic carbocycles. The molecule has 0 aromatic heterocycles. The predicted molar refractivity (Wildman–Crippen MR) is 70.5 cm³/mol. The molecule has 3 nitrogen and oxygen atoms in total. The lowest BCUT2D eigenvalue weighted by molar-refractivity contribution is -0.137. The molecule has 0 radical (unpaired) electrons. The zero-order valence-corrected chi connectivity index (χ0v) is 11.2. The molecular weight excluding hydrogens is 267 g/mol. The molecule has 0 unspecified atom stereocenters. The van der Waals surface area contributed by atoms with Crippen molar-refractivity contribution in [2.75, 3.05) is 33.2 Å². The minimum atomic E-state index is -4.41. The molecule has 0 aliphatic carbocycles. The average Bonchev–Trinajstić information content (AvgIpc) is 2.40. The van der Waals surface area contributed by atoms with Crippen LogP contribution < -0.4 is 0 Å². The fourth-order valence-electron chi connectivity index (χ4n) is 2.26. The lowest BCUT2D eigenvalue weighted by Gasteiger charge is -2.32. The topological polar surface area (TPSA) is 10.8 Å². The number of benzene rings is 1. The Balaban J connectivity index is 2.17. The number of alkyl halides is 3. The largest absolute Gasteiger partial charge is 0.415 e.